The number of ether oxygens (including phenoxy) is 1. The van der Waals surface area contributed by atoms with Crippen molar-refractivity contribution in [1.29, 1.82) is 0 Å². The molecule has 5 heteroatoms. The van der Waals surface area contributed by atoms with Crippen LogP contribution >= 0.6 is 0 Å². The van der Waals surface area contributed by atoms with Gasteiger partial charge in [0.05, 0.1) is 18.4 Å². The summed E-state index contributed by atoms with van der Waals surface area (Å²) in [6, 6.07) is 7.80. The van der Waals surface area contributed by atoms with E-state index >= 15 is 0 Å². The largest absolute Gasteiger partial charge is 0.497 e. The lowest BCUT2D eigenvalue weighted by atomic mass is 9.82. The molecule has 0 saturated carbocycles. The molecule has 0 radical (unpaired) electrons. The number of fused-ring (bicyclic) bond motifs is 1. The Bertz CT molecular complexity index is 653. The van der Waals surface area contributed by atoms with Crippen molar-refractivity contribution in [1.82, 2.24) is 9.97 Å². The minimum Gasteiger partial charge on any atom is -0.497 e. The summed E-state index contributed by atoms with van der Waals surface area (Å²) in [5, 5.41) is 0. The number of nitrogen functional groups attached to an aromatic ring is 1. The van der Waals surface area contributed by atoms with Crippen molar-refractivity contribution in [3.05, 3.63) is 47.3 Å². The Morgan fingerprint density at radius 1 is 1.25 bits per heavy atom. The first-order valence-electron chi connectivity index (χ1n) is 6.46. The highest BCUT2D eigenvalue weighted by Gasteiger charge is 2.27. The molecule has 0 saturated heterocycles. The van der Waals surface area contributed by atoms with Crippen molar-refractivity contribution >= 4 is 11.7 Å². The van der Waals surface area contributed by atoms with Crippen LogP contribution in [0.15, 0.2) is 30.5 Å². The summed E-state index contributed by atoms with van der Waals surface area (Å²) in [6.45, 7) is 0. The van der Waals surface area contributed by atoms with Crippen LogP contribution in [-0.4, -0.2) is 22.9 Å². The predicted molar refractivity (Wildman–Crippen MR) is 74.8 cm³/mol. The zero-order valence-corrected chi connectivity index (χ0v) is 11.2. The number of carbonyl (C=O) groups is 1. The second-order valence-electron chi connectivity index (χ2n) is 4.89. The number of methoxy groups -OCH3 is 1. The number of ketones is 1. The highest BCUT2D eigenvalue weighted by molar-refractivity contribution is 5.98. The first-order valence-corrected chi connectivity index (χ1v) is 6.46. The van der Waals surface area contributed by atoms with Gasteiger partial charge in [-0.25, -0.2) is 9.97 Å². The fourth-order valence-corrected chi connectivity index (χ4v) is 2.57. The van der Waals surface area contributed by atoms with Crippen molar-refractivity contribution < 1.29 is 9.53 Å². The Kier molecular flexibility index (Phi) is 3.10. The average Bonchev–Trinajstić information content (AvgIpc) is 2.46. The second-order valence-corrected chi connectivity index (χ2v) is 4.89. The van der Waals surface area contributed by atoms with Crippen LogP contribution in [0.25, 0.3) is 0 Å². The van der Waals surface area contributed by atoms with E-state index in [9.17, 15) is 4.79 Å². The number of carbonyl (C=O) groups excluding carboxylic acids is 1. The molecule has 1 heterocycles. The zero-order valence-electron chi connectivity index (χ0n) is 11.2. The topological polar surface area (TPSA) is 78.1 Å². The molecule has 1 atom stereocenters. The number of Topliss-reactive ketones (excluding diaryl/α,β-unsaturated/α-hetero) is 1. The summed E-state index contributed by atoms with van der Waals surface area (Å²) in [6.07, 6.45) is 2.72. The number of nitrogens with two attached hydrogens (primary N) is 1. The molecule has 1 aromatic carbocycles. The smallest absolute Gasteiger partial charge is 0.220 e. The molecule has 0 aliphatic heterocycles. The molecule has 3 rings (SSSR count). The maximum Gasteiger partial charge on any atom is 0.220 e. The van der Waals surface area contributed by atoms with Gasteiger partial charge in [-0.2, -0.15) is 0 Å². The minimum atomic E-state index is 0.0760. The predicted octanol–water partition coefficient (Wildman–Crippen LogP) is 1.98. The molecular formula is C15H15N3O2. The van der Waals surface area contributed by atoms with E-state index in [4.69, 9.17) is 10.5 Å². The first-order chi connectivity index (χ1) is 9.67. The summed E-state index contributed by atoms with van der Waals surface area (Å²) in [5.41, 5.74) is 8.06. The van der Waals surface area contributed by atoms with Gasteiger partial charge in [0, 0.05) is 12.6 Å². The molecular weight excluding hydrogens is 254 g/mol. The maximum absolute atomic E-state index is 12.2. The van der Waals surface area contributed by atoms with E-state index in [-0.39, 0.29) is 17.6 Å². The molecule has 1 unspecified atom stereocenters. The van der Waals surface area contributed by atoms with Crippen LogP contribution in [-0.2, 0) is 6.42 Å². The molecule has 0 fully saturated rings. The number of nitrogens with zero attached hydrogens (tertiary/aromatic N) is 2. The van der Waals surface area contributed by atoms with Crippen LogP contribution in [0.5, 0.6) is 5.75 Å². The lowest BCUT2D eigenvalue weighted by Gasteiger charge is -2.23. The number of rotatable bonds is 2. The first kappa shape index (κ1) is 12.6. The molecule has 1 aromatic heterocycles. The van der Waals surface area contributed by atoms with Crippen molar-refractivity contribution in [3.8, 4) is 5.75 Å². The van der Waals surface area contributed by atoms with Crippen molar-refractivity contribution in [3.63, 3.8) is 0 Å². The highest BCUT2D eigenvalue weighted by atomic mass is 16.5. The number of hydrogen-bond acceptors (Lipinski definition) is 5. The quantitative estimate of drug-likeness (QED) is 0.902. The Balaban J connectivity index is 1.91. The van der Waals surface area contributed by atoms with Gasteiger partial charge >= 0.3 is 0 Å². The molecule has 0 amide bonds. The fraction of sp³-hybridized carbons (Fsp3) is 0.267. The van der Waals surface area contributed by atoms with Crippen LogP contribution in [0.1, 0.15) is 34.0 Å². The van der Waals surface area contributed by atoms with Crippen molar-refractivity contribution in [2.24, 2.45) is 0 Å². The maximum atomic E-state index is 12.2. The monoisotopic (exact) mass is 269 g/mol. The molecule has 2 aromatic rings. The van der Waals surface area contributed by atoms with E-state index in [1.165, 1.54) is 6.20 Å². The van der Waals surface area contributed by atoms with Gasteiger partial charge < -0.3 is 10.5 Å². The van der Waals surface area contributed by atoms with Crippen molar-refractivity contribution in [2.75, 3.05) is 12.8 Å². The lowest BCUT2D eigenvalue weighted by Crippen LogP contribution is -2.21. The van der Waals surface area contributed by atoms with Gasteiger partial charge in [0.1, 0.15) is 5.75 Å². The van der Waals surface area contributed by atoms with Gasteiger partial charge in [-0.3, -0.25) is 4.79 Å². The Hall–Kier alpha value is -2.43. The van der Waals surface area contributed by atoms with Crippen LogP contribution in [0, 0.1) is 0 Å². The van der Waals surface area contributed by atoms with Gasteiger partial charge in [0.15, 0.2) is 5.78 Å². The highest BCUT2D eigenvalue weighted by Crippen LogP contribution is 2.32. The van der Waals surface area contributed by atoms with Crippen LogP contribution in [0.3, 0.4) is 0 Å². The van der Waals surface area contributed by atoms with E-state index in [1.54, 1.807) is 7.11 Å². The number of aromatic nitrogens is 2. The van der Waals surface area contributed by atoms with Gasteiger partial charge in [-0.1, -0.05) is 12.1 Å². The van der Waals surface area contributed by atoms with E-state index in [2.05, 4.69) is 9.97 Å². The number of hydrogen-bond donors (Lipinski definition) is 1. The molecule has 1 aliphatic rings. The standard InChI is InChI=1S/C15H15N3O2/c1-20-11-4-2-9(3-5-11)10-6-13-12(14(19)7-10)8-17-15(16)18-13/h2-5,8,10H,6-7H2,1H3,(H2,16,17,18). The third-order valence-electron chi connectivity index (χ3n) is 3.65. The van der Waals surface area contributed by atoms with Gasteiger partial charge in [-0.15, -0.1) is 0 Å². The van der Waals surface area contributed by atoms with Gasteiger partial charge in [0.25, 0.3) is 0 Å². The molecule has 2 N–H and O–H groups in total. The van der Waals surface area contributed by atoms with Gasteiger partial charge in [-0.05, 0) is 30.0 Å². The molecule has 5 nitrogen and oxygen atoms in total. The van der Waals surface area contributed by atoms with E-state index in [0.717, 1.165) is 17.0 Å². The molecule has 0 spiro atoms. The normalized spacial score (nSPS) is 17.6. The van der Waals surface area contributed by atoms with Crippen LogP contribution in [0.2, 0.25) is 0 Å². The summed E-state index contributed by atoms with van der Waals surface area (Å²) in [7, 11) is 1.63. The molecule has 102 valence electrons. The Morgan fingerprint density at radius 2 is 2.00 bits per heavy atom. The van der Waals surface area contributed by atoms with E-state index < -0.39 is 0 Å². The third kappa shape index (κ3) is 2.22. The molecule has 20 heavy (non-hydrogen) atoms. The van der Waals surface area contributed by atoms with E-state index in [1.807, 2.05) is 24.3 Å². The zero-order chi connectivity index (χ0) is 14.1. The van der Waals surface area contributed by atoms with Crippen molar-refractivity contribution in [2.45, 2.75) is 18.8 Å². The summed E-state index contributed by atoms with van der Waals surface area (Å²) in [5.74, 6) is 1.23. The SMILES string of the molecule is COc1ccc(C2CC(=O)c3cnc(N)nc3C2)cc1. The summed E-state index contributed by atoms with van der Waals surface area (Å²) in [4.78, 5) is 20.2. The summed E-state index contributed by atoms with van der Waals surface area (Å²) >= 11 is 0. The fourth-order valence-electron chi connectivity index (χ4n) is 2.57. The third-order valence-corrected chi connectivity index (χ3v) is 3.65. The Labute approximate surface area is 116 Å². The summed E-state index contributed by atoms with van der Waals surface area (Å²) < 4.78 is 5.15. The van der Waals surface area contributed by atoms with Gasteiger partial charge in [0.2, 0.25) is 5.95 Å². The molecule has 0 bridgehead atoms. The average molecular weight is 269 g/mol. The minimum absolute atomic E-state index is 0.0760. The Morgan fingerprint density at radius 3 is 2.70 bits per heavy atom. The second kappa shape index (κ2) is 4.92. The lowest BCUT2D eigenvalue weighted by molar-refractivity contribution is 0.0963. The number of anilines is 1. The number of benzene rings is 1. The van der Waals surface area contributed by atoms with Crippen LogP contribution < -0.4 is 10.5 Å². The molecule has 1 aliphatic carbocycles. The van der Waals surface area contributed by atoms with E-state index in [0.29, 0.717) is 18.4 Å². The van der Waals surface area contributed by atoms with Crippen LogP contribution in [0.4, 0.5) is 5.95 Å².